The van der Waals surface area contributed by atoms with Crippen molar-refractivity contribution in [2.45, 2.75) is 0 Å². The van der Waals surface area contributed by atoms with E-state index in [1.54, 1.807) is 42.5 Å². The molecule has 0 saturated carbocycles. The Balaban J connectivity index is 1.74. The SMILES string of the molecule is CS(=O)(=O)Nc1ccc(NC(=O)c2ccc3n[nH]nc3c2)cc1. The van der Waals surface area contributed by atoms with Crippen LogP contribution in [0.4, 0.5) is 11.4 Å². The minimum Gasteiger partial charge on any atom is -0.322 e. The van der Waals surface area contributed by atoms with Gasteiger partial charge in [0.1, 0.15) is 11.0 Å². The number of amides is 1. The Bertz CT molecular complexity index is 964. The Hall–Kier alpha value is -2.94. The van der Waals surface area contributed by atoms with Gasteiger partial charge in [0.2, 0.25) is 10.0 Å². The van der Waals surface area contributed by atoms with Crippen LogP contribution in [-0.4, -0.2) is 36.0 Å². The Morgan fingerprint density at radius 2 is 1.65 bits per heavy atom. The highest BCUT2D eigenvalue weighted by molar-refractivity contribution is 7.92. The first-order valence-electron chi connectivity index (χ1n) is 6.60. The molecule has 0 aliphatic carbocycles. The molecule has 1 heterocycles. The third-order valence-corrected chi connectivity index (χ3v) is 3.63. The van der Waals surface area contributed by atoms with Gasteiger partial charge in [-0.1, -0.05) is 0 Å². The van der Waals surface area contributed by atoms with Crippen LogP contribution in [-0.2, 0) is 10.0 Å². The van der Waals surface area contributed by atoms with E-state index in [1.165, 1.54) is 0 Å². The average molecular weight is 331 g/mol. The monoisotopic (exact) mass is 331 g/mol. The van der Waals surface area contributed by atoms with Gasteiger partial charge in [0, 0.05) is 16.9 Å². The minimum atomic E-state index is -3.32. The topological polar surface area (TPSA) is 117 Å². The molecule has 0 aliphatic heterocycles. The van der Waals surface area contributed by atoms with Crippen LogP contribution in [0.1, 0.15) is 10.4 Å². The molecular formula is C14H13N5O3S. The van der Waals surface area contributed by atoms with Crippen molar-refractivity contribution in [1.82, 2.24) is 15.4 Å². The quantitative estimate of drug-likeness (QED) is 0.671. The normalized spacial score (nSPS) is 11.3. The lowest BCUT2D eigenvalue weighted by molar-refractivity contribution is 0.102. The molecule has 8 nitrogen and oxygen atoms in total. The molecular weight excluding hydrogens is 318 g/mol. The van der Waals surface area contributed by atoms with Crippen molar-refractivity contribution < 1.29 is 13.2 Å². The average Bonchev–Trinajstić information content (AvgIpc) is 2.95. The third-order valence-electron chi connectivity index (χ3n) is 3.02. The lowest BCUT2D eigenvalue weighted by Crippen LogP contribution is -2.12. The maximum absolute atomic E-state index is 12.2. The zero-order valence-electron chi connectivity index (χ0n) is 12.1. The Morgan fingerprint density at radius 1 is 1.00 bits per heavy atom. The second kappa shape index (κ2) is 5.69. The van der Waals surface area contributed by atoms with E-state index >= 15 is 0 Å². The fourth-order valence-electron chi connectivity index (χ4n) is 2.02. The molecule has 0 fully saturated rings. The first kappa shape index (κ1) is 15.0. The molecule has 1 amide bonds. The summed E-state index contributed by atoms with van der Waals surface area (Å²) < 4.78 is 24.6. The van der Waals surface area contributed by atoms with Crippen LogP contribution in [0.15, 0.2) is 42.5 Å². The standard InChI is InChI=1S/C14H13N5O3S/c1-23(21,22)18-11-5-3-10(4-6-11)15-14(20)9-2-7-12-13(8-9)17-19-16-12/h2-8,18H,1H3,(H,15,20)(H,16,17,19). The first-order chi connectivity index (χ1) is 10.9. The van der Waals surface area contributed by atoms with Crippen molar-refractivity contribution in [3.63, 3.8) is 0 Å². The lowest BCUT2D eigenvalue weighted by Gasteiger charge is -2.07. The second-order valence-corrected chi connectivity index (χ2v) is 6.68. The molecule has 0 spiro atoms. The number of fused-ring (bicyclic) bond motifs is 1. The van der Waals surface area contributed by atoms with Crippen LogP contribution in [0.3, 0.4) is 0 Å². The van der Waals surface area contributed by atoms with E-state index < -0.39 is 10.0 Å². The molecule has 3 N–H and O–H groups in total. The van der Waals surface area contributed by atoms with E-state index in [0.717, 1.165) is 6.26 Å². The van der Waals surface area contributed by atoms with E-state index in [2.05, 4.69) is 25.4 Å². The van der Waals surface area contributed by atoms with E-state index in [1.807, 2.05) is 0 Å². The summed E-state index contributed by atoms with van der Waals surface area (Å²) in [5.74, 6) is -0.293. The fraction of sp³-hybridized carbons (Fsp3) is 0.0714. The van der Waals surface area contributed by atoms with Crippen molar-refractivity contribution in [3.8, 4) is 0 Å². The van der Waals surface area contributed by atoms with E-state index in [9.17, 15) is 13.2 Å². The number of nitrogens with zero attached hydrogens (tertiary/aromatic N) is 2. The molecule has 118 valence electrons. The van der Waals surface area contributed by atoms with Gasteiger partial charge < -0.3 is 5.32 Å². The van der Waals surface area contributed by atoms with Gasteiger partial charge in [-0.15, -0.1) is 0 Å². The number of aromatic amines is 1. The molecule has 0 radical (unpaired) electrons. The number of aromatic nitrogens is 3. The number of carbonyl (C=O) groups excluding carboxylic acids is 1. The first-order valence-corrected chi connectivity index (χ1v) is 8.50. The predicted molar refractivity (Wildman–Crippen MR) is 86.8 cm³/mol. The van der Waals surface area contributed by atoms with Crippen molar-refractivity contribution in [2.24, 2.45) is 0 Å². The lowest BCUT2D eigenvalue weighted by atomic mass is 10.2. The number of rotatable bonds is 4. The Labute approximate surface area is 132 Å². The number of carbonyl (C=O) groups is 1. The molecule has 0 unspecified atom stereocenters. The fourth-order valence-corrected chi connectivity index (χ4v) is 2.58. The molecule has 0 atom stereocenters. The molecule has 0 aliphatic rings. The number of hydrogen-bond acceptors (Lipinski definition) is 5. The Kier molecular flexibility index (Phi) is 3.70. The van der Waals surface area contributed by atoms with E-state index in [0.29, 0.717) is 28.0 Å². The molecule has 23 heavy (non-hydrogen) atoms. The number of nitrogens with one attached hydrogen (secondary N) is 3. The Morgan fingerprint density at radius 3 is 2.35 bits per heavy atom. The van der Waals surface area contributed by atoms with E-state index in [4.69, 9.17) is 0 Å². The molecule has 1 aromatic heterocycles. The highest BCUT2D eigenvalue weighted by Crippen LogP contribution is 2.16. The number of anilines is 2. The number of H-pyrrole nitrogens is 1. The molecule has 3 aromatic rings. The smallest absolute Gasteiger partial charge is 0.255 e. The van der Waals surface area contributed by atoms with Gasteiger partial charge >= 0.3 is 0 Å². The second-order valence-electron chi connectivity index (χ2n) is 4.93. The van der Waals surface area contributed by atoms with Crippen LogP contribution >= 0.6 is 0 Å². The maximum atomic E-state index is 12.2. The van der Waals surface area contributed by atoms with E-state index in [-0.39, 0.29) is 5.91 Å². The van der Waals surface area contributed by atoms with Gasteiger partial charge in [0.25, 0.3) is 5.91 Å². The van der Waals surface area contributed by atoms with Gasteiger partial charge in [-0.25, -0.2) is 8.42 Å². The van der Waals surface area contributed by atoms with Crippen LogP contribution in [0.5, 0.6) is 0 Å². The summed E-state index contributed by atoms with van der Waals surface area (Å²) in [5, 5.41) is 13.1. The van der Waals surface area contributed by atoms with Crippen molar-refractivity contribution >= 4 is 38.3 Å². The molecule has 0 saturated heterocycles. The number of benzene rings is 2. The zero-order chi connectivity index (χ0) is 16.4. The van der Waals surface area contributed by atoms with Gasteiger partial charge in [0.05, 0.1) is 6.26 Å². The van der Waals surface area contributed by atoms with Crippen LogP contribution < -0.4 is 10.0 Å². The number of hydrogen-bond donors (Lipinski definition) is 3. The molecule has 2 aromatic carbocycles. The van der Waals surface area contributed by atoms with Crippen LogP contribution in [0.25, 0.3) is 11.0 Å². The largest absolute Gasteiger partial charge is 0.322 e. The van der Waals surface area contributed by atoms with Gasteiger partial charge in [-0.2, -0.15) is 15.4 Å². The maximum Gasteiger partial charge on any atom is 0.255 e. The third kappa shape index (κ3) is 3.64. The summed E-state index contributed by atoms with van der Waals surface area (Å²) in [4.78, 5) is 12.2. The zero-order valence-corrected chi connectivity index (χ0v) is 12.9. The molecule has 9 heteroatoms. The predicted octanol–water partition coefficient (Wildman–Crippen LogP) is 1.58. The van der Waals surface area contributed by atoms with Gasteiger partial charge in [0.15, 0.2) is 0 Å². The van der Waals surface area contributed by atoms with Crippen molar-refractivity contribution in [2.75, 3.05) is 16.3 Å². The number of sulfonamides is 1. The highest BCUT2D eigenvalue weighted by atomic mass is 32.2. The minimum absolute atomic E-state index is 0.293. The summed E-state index contributed by atoms with van der Waals surface area (Å²) in [6, 6.07) is 11.3. The van der Waals surface area contributed by atoms with Crippen LogP contribution in [0.2, 0.25) is 0 Å². The molecule has 0 bridgehead atoms. The summed E-state index contributed by atoms with van der Waals surface area (Å²) in [7, 11) is -3.32. The van der Waals surface area contributed by atoms with Crippen LogP contribution in [0, 0.1) is 0 Å². The molecule has 3 rings (SSSR count). The van der Waals surface area contributed by atoms with Gasteiger partial charge in [-0.05, 0) is 42.5 Å². The summed E-state index contributed by atoms with van der Waals surface area (Å²) >= 11 is 0. The summed E-state index contributed by atoms with van der Waals surface area (Å²) in [6.45, 7) is 0. The van der Waals surface area contributed by atoms with Gasteiger partial charge in [-0.3, -0.25) is 9.52 Å². The highest BCUT2D eigenvalue weighted by Gasteiger charge is 2.09. The summed E-state index contributed by atoms with van der Waals surface area (Å²) in [6.07, 6.45) is 1.07. The van der Waals surface area contributed by atoms with Crippen molar-refractivity contribution in [1.29, 1.82) is 0 Å². The summed E-state index contributed by atoms with van der Waals surface area (Å²) in [5.41, 5.74) is 2.71. The van der Waals surface area contributed by atoms with Crippen molar-refractivity contribution in [3.05, 3.63) is 48.0 Å².